The minimum absolute atomic E-state index is 0.0417. The van der Waals surface area contributed by atoms with Gasteiger partial charge in [0.15, 0.2) is 0 Å². The Bertz CT molecular complexity index is 123. The van der Waals surface area contributed by atoms with E-state index in [4.69, 9.17) is 9.47 Å². The van der Waals surface area contributed by atoms with E-state index >= 15 is 0 Å². The zero-order valence-corrected chi connectivity index (χ0v) is 5.88. The highest BCUT2D eigenvalue weighted by molar-refractivity contribution is 4.93. The van der Waals surface area contributed by atoms with E-state index in [1.807, 2.05) is 0 Å². The van der Waals surface area contributed by atoms with Crippen LogP contribution < -0.4 is 0 Å². The van der Waals surface area contributed by atoms with Gasteiger partial charge < -0.3 is 14.6 Å². The van der Waals surface area contributed by atoms with Crippen molar-refractivity contribution in [2.24, 2.45) is 5.41 Å². The third-order valence-corrected chi connectivity index (χ3v) is 2.51. The molecule has 3 heteroatoms. The molecule has 0 aromatic heterocycles. The molecule has 0 aromatic carbocycles. The minimum atomic E-state index is -0.296. The molecule has 0 aliphatic carbocycles. The highest BCUT2D eigenvalue weighted by atomic mass is 16.5. The molecule has 3 nitrogen and oxygen atoms in total. The predicted molar refractivity (Wildman–Crippen MR) is 34.7 cm³/mol. The summed E-state index contributed by atoms with van der Waals surface area (Å²) in [5.74, 6) is 0. The van der Waals surface area contributed by atoms with E-state index in [2.05, 4.69) is 0 Å². The molecule has 0 aromatic rings. The number of hydrogen-bond acceptors (Lipinski definition) is 3. The third kappa shape index (κ3) is 0.779. The second-order valence-corrected chi connectivity index (χ2v) is 3.20. The zero-order valence-electron chi connectivity index (χ0n) is 5.88. The van der Waals surface area contributed by atoms with Crippen LogP contribution in [0.4, 0.5) is 0 Å². The zero-order chi connectivity index (χ0) is 7.03. The summed E-state index contributed by atoms with van der Waals surface area (Å²) in [7, 11) is 0. The van der Waals surface area contributed by atoms with Crippen LogP contribution in [-0.2, 0) is 9.47 Å². The van der Waals surface area contributed by atoms with Gasteiger partial charge in [0.2, 0.25) is 0 Å². The molecule has 58 valence electrons. The third-order valence-electron chi connectivity index (χ3n) is 2.51. The maximum absolute atomic E-state index is 9.47. The molecule has 2 aliphatic heterocycles. The first-order valence-corrected chi connectivity index (χ1v) is 3.67. The molecule has 0 radical (unpaired) electrons. The largest absolute Gasteiger partial charge is 0.390 e. The number of hydrogen-bond donors (Lipinski definition) is 1. The van der Waals surface area contributed by atoms with E-state index in [0.717, 1.165) is 13.0 Å². The molecule has 2 fully saturated rings. The summed E-state index contributed by atoms with van der Waals surface area (Å²) >= 11 is 0. The highest BCUT2D eigenvalue weighted by Gasteiger charge is 2.46. The van der Waals surface area contributed by atoms with Gasteiger partial charge in [-0.3, -0.25) is 0 Å². The van der Waals surface area contributed by atoms with Gasteiger partial charge in [0, 0.05) is 12.0 Å². The quantitative estimate of drug-likeness (QED) is 0.511. The van der Waals surface area contributed by atoms with E-state index < -0.39 is 0 Å². The van der Waals surface area contributed by atoms with Gasteiger partial charge in [-0.2, -0.15) is 0 Å². The van der Waals surface area contributed by atoms with Crippen LogP contribution in [0.3, 0.4) is 0 Å². The molecule has 0 saturated carbocycles. The fourth-order valence-corrected chi connectivity index (χ4v) is 1.65. The lowest BCUT2D eigenvalue weighted by molar-refractivity contribution is 0.0548. The van der Waals surface area contributed by atoms with Crippen molar-refractivity contribution in [1.29, 1.82) is 0 Å². The van der Waals surface area contributed by atoms with E-state index in [0.29, 0.717) is 19.8 Å². The standard InChI is InChI=1S/C7H12O3/c8-6-3-10-5-7(6)1-2-9-4-7/h6,8H,1-5H2. The molecule has 2 saturated heterocycles. The lowest BCUT2D eigenvalue weighted by atomic mass is 9.84. The van der Waals surface area contributed by atoms with Gasteiger partial charge in [-0.05, 0) is 6.42 Å². The van der Waals surface area contributed by atoms with Crippen molar-refractivity contribution in [3.8, 4) is 0 Å². The molecule has 2 atom stereocenters. The van der Waals surface area contributed by atoms with Crippen molar-refractivity contribution < 1.29 is 14.6 Å². The van der Waals surface area contributed by atoms with Crippen LogP contribution in [0.25, 0.3) is 0 Å². The smallest absolute Gasteiger partial charge is 0.0874 e. The van der Waals surface area contributed by atoms with Gasteiger partial charge in [-0.15, -0.1) is 0 Å². The molecular formula is C7H12O3. The van der Waals surface area contributed by atoms with Crippen LogP contribution in [0.1, 0.15) is 6.42 Å². The van der Waals surface area contributed by atoms with Crippen LogP contribution >= 0.6 is 0 Å². The maximum Gasteiger partial charge on any atom is 0.0874 e. The fraction of sp³-hybridized carbons (Fsp3) is 1.00. The fourth-order valence-electron chi connectivity index (χ4n) is 1.65. The maximum atomic E-state index is 9.47. The second-order valence-electron chi connectivity index (χ2n) is 3.20. The van der Waals surface area contributed by atoms with Crippen LogP contribution in [-0.4, -0.2) is 37.6 Å². The molecule has 0 amide bonds. The van der Waals surface area contributed by atoms with Crippen molar-refractivity contribution in [3.63, 3.8) is 0 Å². The molecule has 0 bridgehead atoms. The minimum Gasteiger partial charge on any atom is -0.390 e. The predicted octanol–water partition coefficient (Wildman–Crippen LogP) is -0.216. The summed E-state index contributed by atoms with van der Waals surface area (Å²) < 4.78 is 10.4. The number of ether oxygens (including phenoxy) is 2. The Balaban J connectivity index is 2.11. The Morgan fingerprint density at radius 2 is 2.10 bits per heavy atom. The molecule has 2 aliphatic rings. The lowest BCUT2D eigenvalue weighted by Crippen LogP contribution is -2.34. The summed E-state index contributed by atoms with van der Waals surface area (Å²) in [6.45, 7) is 2.62. The van der Waals surface area contributed by atoms with Crippen molar-refractivity contribution in [2.45, 2.75) is 12.5 Å². The van der Waals surface area contributed by atoms with Crippen LogP contribution in [0.2, 0.25) is 0 Å². The summed E-state index contributed by atoms with van der Waals surface area (Å²) in [5.41, 5.74) is -0.0417. The van der Waals surface area contributed by atoms with Crippen molar-refractivity contribution in [3.05, 3.63) is 0 Å². The summed E-state index contributed by atoms with van der Waals surface area (Å²) in [6.07, 6.45) is 0.656. The Kier molecular flexibility index (Phi) is 1.44. The number of aliphatic hydroxyl groups is 1. The number of rotatable bonds is 0. The first-order chi connectivity index (χ1) is 4.83. The van der Waals surface area contributed by atoms with Gasteiger partial charge in [0.1, 0.15) is 0 Å². The first kappa shape index (κ1) is 6.58. The van der Waals surface area contributed by atoms with Gasteiger partial charge in [0.05, 0.1) is 25.9 Å². The van der Waals surface area contributed by atoms with Crippen molar-refractivity contribution in [2.75, 3.05) is 26.4 Å². The van der Waals surface area contributed by atoms with Crippen LogP contribution in [0.15, 0.2) is 0 Å². The molecule has 1 spiro atoms. The normalized spacial score (nSPS) is 47.1. The Morgan fingerprint density at radius 3 is 2.60 bits per heavy atom. The number of aliphatic hydroxyl groups excluding tert-OH is 1. The monoisotopic (exact) mass is 144 g/mol. The van der Waals surface area contributed by atoms with Gasteiger partial charge in [0.25, 0.3) is 0 Å². The van der Waals surface area contributed by atoms with E-state index in [1.54, 1.807) is 0 Å². The van der Waals surface area contributed by atoms with E-state index in [1.165, 1.54) is 0 Å². The van der Waals surface area contributed by atoms with E-state index in [-0.39, 0.29) is 11.5 Å². The van der Waals surface area contributed by atoms with E-state index in [9.17, 15) is 5.11 Å². The molecular weight excluding hydrogens is 132 g/mol. The SMILES string of the molecule is OC1COCC12CCOC2. The van der Waals surface area contributed by atoms with Crippen molar-refractivity contribution in [1.82, 2.24) is 0 Å². The summed E-state index contributed by atoms with van der Waals surface area (Å²) in [6, 6.07) is 0. The van der Waals surface area contributed by atoms with Crippen LogP contribution in [0, 0.1) is 5.41 Å². The van der Waals surface area contributed by atoms with Crippen LogP contribution in [0.5, 0.6) is 0 Å². The Labute approximate surface area is 59.9 Å². The second kappa shape index (κ2) is 2.19. The molecule has 2 heterocycles. The van der Waals surface area contributed by atoms with Gasteiger partial charge in [-0.25, -0.2) is 0 Å². The molecule has 1 N–H and O–H groups in total. The average molecular weight is 144 g/mol. The Morgan fingerprint density at radius 1 is 1.30 bits per heavy atom. The molecule has 2 unspecified atom stereocenters. The summed E-state index contributed by atoms with van der Waals surface area (Å²) in [5, 5.41) is 9.47. The Hall–Kier alpha value is -0.120. The first-order valence-electron chi connectivity index (χ1n) is 3.67. The lowest BCUT2D eigenvalue weighted by Gasteiger charge is -2.21. The van der Waals surface area contributed by atoms with Gasteiger partial charge in [-0.1, -0.05) is 0 Å². The van der Waals surface area contributed by atoms with Gasteiger partial charge >= 0.3 is 0 Å². The highest BCUT2D eigenvalue weighted by Crippen LogP contribution is 2.36. The van der Waals surface area contributed by atoms with Crippen molar-refractivity contribution >= 4 is 0 Å². The molecule has 2 rings (SSSR count). The molecule has 10 heavy (non-hydrogen) atoms. The summed E-state index contributed by atoms with van der Waals surface area (Å²) in [4.78, 5) is 0. The average Bonchev–Trinajstić information content (AvgIpc) is 2.48. The topological polar surface area (TPSA) is 38.7 Å².